The fourth-order valence-corrected chi connectivity index (χ4v) is 5.13. The van der Waals surface area contributed by atoms with Gasteiger partial charge in [0.1, 0.15) is 17.3 Å². The van der Waals surface area contributed by atoms with E-state index in [1.54, 1.807) is 7.11 Å². The fourth-order valence-electron chi connectivity index (χ4n) is 5.13. The van der Waals surface area contributed by atoms with Gasteiger partial charge in [0.2, 0.25) is 0 Å². The van der Waals surface area contributed by atoms with E-state index < -0.39 is 0 Å². The molecule has 0 radical (unpaired) electrons. The van der Waals surface area contributed by atoms with Crippen LogP contribution in [0.3, 0.4) is 0 Å². The third-order valence-electron chi connectivity index (χ3n) is 6.77. The van der Waals surface area contributed by atoms with Gasteiger partial charge in [-0.2, -0.15) is 0 Å². The summed E-state index contributed by atoms with van der Waals surface area (Å²) < 4.78 is 13.9. The van der Waals surface area contributed by atoms with E-state index in [9.17, 15) is 4.79 Å². The molecule has 0 unspecified atom stereocenters. The Morgan fingerprint density at radius 3 is 2.63 bits per heavy atom. The molecule has 2 aromatic rings. The minimum absolute atomic E-state index is 0.00443. The first-order valence-corrected chi connectivity index (χ1v) is 13.0. The van der Waals surface area contributed by atoms with E-state index in [2.05, 4.69) is 41.5 Å². The van der Waals surface area contributed by atoms with Crippen molar-refractivity contribution in [1.82, 2.24) is 9.55 Å². The molecular weight excluding hydrogens is 442 g/mol. The summed E-state index contributed by atoms with van der Waals surface area (Å²) in [5.74, 6) is 1.82. The molecule has 1 saturated carbocycles. The number of rotatable bonds is 10. The molecule has 0 spiro atoms. The van der Waals surface area contributed by atoms with Crippen LogP contribution in [-0.4, -0.2) is 54.0 Å². The van der Waals surface area contributed by atoms with E-state index in [1.807, 2.05) is 36.7 Å². The number of ether oxygens (including phenoxy) is 2. The molecule has 2 fully saturated rings. The van der Waals surface area contributed by atoms with Gasteiger partial charge >= 0.3 is 0 Å². The van der Waals surface area contributed by atoms with Gasteiger partial charge in [-0.1, -0.05) is 0 Å². The summed E-state index contributed by atoms with van der Waals surface area (Å²) in [7, 11) is 1.77. The van der Waals surface area contributed by atoms with Crippen molar-refractivity contribution in [3.63, 3.8) is 0 Å². The highest BCUT2D eigenvalue weighted by molar-refractivity contribution is 5.51. The average Bonchev–Trinajstić information content (AvgIpc) is 3.48. The number of nitrogens with one attached hydrogen (secondary N) is 2. The van der Waals surface area contributed by atoms with Crippen molar-refractivity contribution in [3.05, 3.63) is 46.4 Å². The summed E-state index contributed by atoms with van der Waals surface area (Å²) in [6, 6.07) is 8.56. The summed E-state index contributed by atoms with van der Waals surface area (Å²) in [6.07, 6.45) is 6.11. The van der Waals surface area contributed by atoms with Crippen molar-refractivity contribution >= 4 is 17.3 Å². The van der Waals surface area contributed by atoms with Gasteiger partial charge in [-0.15, -0.1) is 0 Å². The lowest BCUT2D eigenvalue weighted by molar-refractivity contribution is 0.0187. The maximum absolute atomic E-state index is 13.1. The molecule has 1 aliphatic carbocycles. The van der Waals surface area contributed by atoms with E-state index in [4.69, 9.17) is 14.5 Å². The zero-order valence-corrected chi connectivity index (χ0v) is 21.8. The van der Waals surface area contributed by atoms with Gasteiger partial charge in [-0.05, 0) is 83.2 Å². The van der Waals surface area contributed by atoms with Gasteiger partial charge in [0, 0.05) is 38.5 Å². The Hall–Kier alpha value is -2.58. The van der Waals surface area contributed by atoms with Gasteiger partial charge in [-0.3, -0.25) is 4.79 Å². The lowest BCUT2D eigenvalue weighted by atomic mass is 10.2. The quantitative estimate of drug-likeness (QED) is 0.518. The van der Waals surface area contributed by atoms with Crippen LogP contribution in [0.15, 0.2) is 35.3 Å². The number of hydrogen-bond donors (Lipinski definition) is 2. The maximum atomic E-state index is 13.1. The molecule has 0 amide bonds. The normalized spacial score (nSPS) is 22.4. The highest BCUT2D eigenvalue weighted by Crippen LogP contribution is 2.33. The predicted octanol–water partition coefficient (Wildman–Crippen LogP) is 4.42. The van der Waals surface area contributed by atoms with E-state index in [1.165, 1.54) is 0 Å². The summed E-state index contributed by atoms with van der Waals surface area (Å²) in [4.78, 5) is 20.3. The highest BCUT2D eigenvalue weighted by Gasteiger charge is 2.31. The van der Waals surface area contributed by atoms with Crippen LogP contribution in [0.5, 0.6) is 0 Å². The van der Waals surface area contributed by atoms with Gasteiger partial charge in [-0.25, -0.2) is 4.98 Å². The fraction of sp³-hybridized carbons (Fsp3) is 0.630. The van der Waals surface area contributed by atoms with Crippen LogP contribution in [0.4, 0.5) is 17.3 Å². The monoisotopic (exact) mass is 483 g/mol. The van der Waals surface area contributed by atoms with Crippen LogP contribution in [-0.2, 0) is 16.1 Å². The summed E-state index contributed by atoms with van der Waals surface area (Å²) in [6.45, 7) is 10.6. The standard InChI is InChI=1S/C27H41N5O3/c1-18(2)28-22-8-7-12-32(27(22)33)23-9-6-10-24(23)35-17-20-14-25(29-19(3)4)30-26(15-20)31-13-11-21(16-31)34-5/h7-8,12,14-15,18-19,21,23-24,28H,6,9-11,13,16-17H2,1-5H3,(H,29,30)/t21-,23+,24-/m0/s1. The third-order valence-corrected chi connectivity index (χ3v) is 6.77. The molecule has 0 bridgehead atoms. The predicted molar refractivity (Wildman–Crippen MR) is 142 cm³/mol. The molecule has 1 aliphatic heterocycles. The van der Waals surface area contributed by atoms with Crippen LogP contribution < -0.4 is 21.1 Å². The molecule has 2 aliphatic rings. The molecule has 2 N–H and O–H groups in total. The van der Waals surface area contributed by atoms with Gasteiger partial charge < -0.3 is 29.6 Å². The molecule has 3 atom stereocenters. The van der Waals surface area contributed by atoms with Crippen molar-refractivity contribution in [2.75, 3.05) is 35.7 Å². The Kier molecular flexibility index (Phi) is 8.34. The minimum atomic E-state index is 0.00443. The lowest BCUT2D eigenvalue weighted by Gasteiger charge is -2.24. The zero-order valence-electron chi connectivity index (χ0n) is 21.8. The smallest absolute Gasteiger partial charge is 0.274 e. The number of pyridine rings is 2. The first-order chi connectivity index (χ1) is 16.8. The topological polar surface area (TPSA) is 80.7 Å². The Bertz CT molecular complexity index is 1040. The second-order valence-electron chi connectivity index (χ2n) is 10.4. The molecule has 0 aromatic carbocycles. The van der Waals surface area contributed by atoms with Crippen LogP contribution in [0.1, 0.15) is 65.0 Å². The maximum Gasteiger partial charge on any atom is 0.274 e. The van der Waals surface area contributed by atoms with Crippen LogP contribution in [0, 0.1) is 0 Å². The zero-order chi connectivity index (χ0) is 24.9. The van der Waals surface area contributed by atoms with Crippen molar-refractivity contribution in [2.24, 2.45) is 0 Å². The Morgan fingerprint density at radius 1 is 1.11 bits per heavy atom. The second-order valence-corrected chi connectivity index (χ2v) is 10.4. The van der Waals surface area contributed by atoms with E-state index in [0.717, 1.165) is 56.0 Å². The lowest BCUT2D eigenvalue weighted by Crippen LogP contribution is -2.32. The Labute approximate surface area is 209 Å². The van der Waals surface area contributed by atoms with Crippen molar-refractivity contribution in [3.8, 4) is 0 Å². The van der Waals surface area contributed by atoms with Gasteiger partial charge in [0.25, 0.3) is 5.56 Å². The number of anilines is 3. The van der Waals surface area contributed by atoms with E-state index in [0.29, 0.717) is 12.3 Å². The molecular formula is C27H41N5O3. The van der Waals surface area contributed by atoms with Crippen molar-refractivity contribution in [1.29, 1.82) is 0 Å². The molecule has 4 rings (SSSR count). The third kappa shape index (κ3) is 6.35. The molecule has 8 heteroatoms. The van der Waals surface area contributed by atoms with E-state index >= 15 is 0 Å². The molecule has 35 heavy (non-hydrogen) atoms. The molecule has 1 saturated heterocycles. The number of methoxy groups -OCH3 is 1. The molecule has 8 nitrogen and oxygen atoms in total. The van der Waals surface area contributed by atoms with Crippen LogP contribution in [0.2, 0.25) is 0 Å². The van der Waals surface area contributed by atoms with Crippen molar-refractivity contribution < 1.29 is 9.47 Å². The highest BCUT2D eigenvalue weighted by atomic mass is 16.5. The molecule has 3 heterocycles. The summed E-state index contributed by atoms with van der Waals surface area (Å²) >= 11 is 0. The molecule has 2 aromatic heterocycles. The molecule has 192 valence electrons. The first-order valence-electron chi connectivity index (χ1n) is 13.0. The average molecular weight is 484 g/mol. The number of nitrogens with zero attached hydrogens (tertiary/aromatic N) is 3. The first kappa shape index (κ1) is 25.5. The summed E-state index contributed by atoms with van der Waals surface area (Å²) in [5, 5.41) is 6.72. The Balaban J connectivity index is 1.50. The SMILES string of the molecule is CO[C@H]1CCN(c2cc(CO[C@H]3CCC[C@H]3n3cccc(NC(C)C)c3=O)cc(NC(C)C)n2)C1. The van der Waals surface area contributed by atoms with Crippen LogP contribution in [0.25, 0.3) is 0 Å². The summed E-state index contributed by atoms with van der Waals surface area (Å²) in [5.41, 5.74) is 1.77. The minimum Gasteiger partial charge on any atom is -0.380 e. The van der Waals surface area contributed by atoms with Gasteiger partial charge in [0.15, 0.2) is 0 Å². The van der Waals surface area contributed by atoms with Gasteiger partial charge in [0.05, 0.1) is 24.9 Å². The largest absolute Gasteiger partial charge is 0.380 e. The Morgan fingerprint density at radius 2 is 1.91 bits per heavy atom. The number of aromatic nitrogens is 2. The second kappa shape index (κ2) is 11.4. The number of hydrogen-bond acceptors (Lipinski definition) is 7. The van der Waals surface area contributed by atoms with E-state index in [-0.39, 0.29) is 35.9 Å². The van der Waals surface area contributed by atoms with Crippen LogP contribution >= 0.6 is 0 Å². The van der Waals surface area contributed by atoms with Crippen molar-refractivity contribution in [2.45, 2.75) is 90.3 Å².